The van der Waals surface area contributed by atoms with Gasteiger partial charge in [0.25, 0.3) is 0 Å². The fourth-order valence-corrected chi connectivity index (χ4v) is 1.84. The third kappa shape index (κ3) is 3.28. The number of benzene rings is 1. The molecule has 0 spiro atoms. The molecule has 1 N–H and O–H groups in total. The van der Waals surface area contributed by atoms with Crippen LogP contribution in [0.2, 0.25) is 0 Å². The molecule has 0 radical (unpaired) electrons. The molecule has 0 aliphatic carbocycles. The second kappa shape index (κ2) is 5.94. The Morgan fingerprint density at radius 3 is 2.89 bits per heavy atom. The maximum Gasteiger partial charge on any atom is 0.0702 e. The van der Waals surface area contributed by atoms with Gasteiger partial charge in [0.2, 0.25) is 0 Å². The van der Waals surface area contributed by atoms with Gasteiger partial charge < -0.3 is 10.2 Å². The normalized spacial score (nSPS) is 13.1. The number of hydrogen-bond acceptors (Lipinski definition) is 3. The summed E-state index contributed by atoms with van der Waals surface area (Å²) in [5.74, 6) is 0. The van der Waals surface area contributed by atoms with E-state index in [4.69, 9.17) is 0 Å². The van der Waals surface area contributed by atoms with E-state index in [-0.39, 0.29) is 0 Å². The molecule has 1 unspecified atom stereocenters. The zero-order chi connectivity index (χ0) is 13.0. The standard InChI is InChI=1S/C15H21N3/c1-12(18(2)3)10-16-11-13-6-7-15-14(9-13)5-4-8-17-15/h4-9,12,16H,10-11H2,1-3H3. The highest BCUT2D eigenvalue weighted by Gasteiger charge is 2.03. The molecule has 96 valence electrons. The fourth-order valence-electron chi connectivity index (χ4n) is 1.84. The molecule has 0 bridgehead atoms. The average Bonchev–Trinajstić information content (AvgIpc) is 2.38. The van der Waals surface area contributed by atoms with Gasteiger partial charge >= 0.3 is 0 Å². The van der Waals surface area contributed by atoms with E-state index >= 15 is 0 Å². The predicted molar refractivity (Wildman–Crippen MR) is 76.6 cm³/mol. The Morgan fingerprint density at radius 1 is 1.28 bits per heavy atom. The van der Waals surface area contributed by atoms with E-state index in [1.54, 1.807) is 0 Å². The van der Waals surface area contributed by atoms with E-state index in [1.807, 2.05) is 12.3 Å². The lowest BCUT2D eigenvalue weighted by atomic mass is 10.1. The number of likely N-dealkylation sites (N-methyl/N-ethyl adjacent to an activating group) is 1. The molecule has 1 aromatic carbocycles. The Labute approximate surface area is 109 Å². The predicted octanol–water partition coefficient (Wildman–Crippen LogP) is 2.27. The minimum absolute atomic E-state index is 0.548. The van der Waals surface area contributed by atoms with Gasteiger partial charge in [0, 0.05) is 30.7 Å². The minimum Gasteiger partial charge on any atom is -0.311 e. The lowest BCUT2D eigenvalue weighted by Crippen LogP contribution is -2.35. The SMILES string of the molecule is CC(CNCc1ccc2ncccc2c1)N(C)C. The van der Waals surface area contributed by atoms with Gasteiger partial charge in [-0.1, -0.05) is 12.1 Å². The summed E-state index contributed by atoms with van der Waals surface area (Å²) in [6.07, 6.45) is 1.83. The van der Waals surface area contributed by atoms with Crippen LogP contribution in [-0.2, 0) is 6.54 Å². The zero-order valence-corrected chi connectivity index (χ0v) is 11.4. The van der Waals surface area contributed by atoms with E-state index in [9.17, 15) is 0 Å². The number of pyridine rings is 1. The van der Waals surface area contributed by atoms with Gasteiger partial charge in [0.05, 0.1) is 5.52 Å². The summed E-state index contributed by atoms with van der Waals surface area (Å²) in [5.41, 5.74) is 2.37. The minimum atomic E-state index is 0.548. The van der Waals surface area contributed by atoms with Gasteiger partial charge in [0.1, 0.15) is 0 Å². The van der Waals surface area contributed by atoms with Gasteiger partial charge in [-0.05, 0) is 44.8 Å². The van der Waals surface area contributed by atoms with Crippen LogP contribution >= 0.6 is 0 Å². The summed E-state index contributed by atoms with van der Waals surface area (Å²) >= 11 is 0. The maximum absolute atomic E-state index is 4.33. The summed E-state index contributed by atoms with van der Waals surface area (Å²) in [6.45, 7) is 4.12. The van der Waals surface area contributed by atoms with Crippen molar-refractivity contribution >= 4 is 10.9 Å². The van der Waals surface area contributed by atoms with Crippen molar-refractivity contribution in [1.82, 2.24) is 15.2 Å². The molecule has 1 heterocycles. The van der Waals surface area contributed by atoms with Crippen LogP contribution in [0.3, 0.4) is 0 Å². The molecule has 3 heteroatoms. The van der Waals surface area contributed by atoms with E-state index in [0.29, 0.717) is 6.04 Å². The molecule has 2 aromatic rings. The highest BCUT2D eigenvalue weighted by molar-refractivity contribution is 5.78. The lowest BCUT2D eigenvalue weighted by Gasteiger charge is -2.20. The van der Waals surface area contributed by atoms with Crippen LogP contribution in [0.25, 0.3) is 10.9 Å². The fraction of sp³-hybridized carbons (Fsp3) is 0.400. The number of hydrogen-bond donors (Lipinski definition) is 1. The molecule has 0 amide bonds. The first-order chi connectivity index (χ1) is 8.66. The molecule has 3 nitrogen and oxygen atoms in total. The van der Waals surface area contributed by atoms with E-state index in [2.05, 4.69) is 60.5 Å². The third-order valence-corrected chi connectivity index (χ3v) is 3.32. The Bertz CT molecular complexity index is 508. The summed E-state index contributed by atoms with van der Waals surface area (Å²) in [4.78, 5) is 6.55. The lowest BCUT2D eigenvalue weighted by molar-refractivity contribution is 0.302. The van der Waals surface area contributed by atoms with Gasteiger partial charge in [-0.25, -0.2) is 0 Å². The van der Waals surface area contributed by atoms with Crippen LogP contribution in [0, 0.1) is 0 Å². The quantitative estimate of drug-likeness (QED) is 0.873. The first kappa shape index (κ1) is 13.0. The third-order valence-electron chi connectivity index (χ3n) is 3.32. The van der Waals surface area contributed by atoms with Gasteiger partial charge in [-0.2, -0.15) is 0 Å². The van der Waals surface area contributed by atoms with Crippen LogP contribution < -0.4 is 5.32 Å². The topological polar surface area (TPSA) is 28.2 Å². The van der Waals surface area contributed by atoms with E-state index in [1.165, 1.54) is 10.9 Å². The molecule has 2 rings (SSSR count). The Kier molecular flexibility index (Phi) is 4.28. The number of nitrogens with zero attached hydrogens (tertiary/aromatic N) is 2. The first-order valence-electron chi connectivity index (χ1n) is 6.37. The van der Waals surface area contributed by atoms with Crippen molar-refractivity contribution in [3.8, 4) is 0 Å². The summed E-state index contributed by atoms with van der Waals surface area (Å²) in [5, 5.41) is 4.69. The molecular weight excluding hydrogens is 222 g/mol. The second-order valence-corrected chi connectivity index (χ2v) is 4.97. The largest absolute Gasteiger partial charge is 0.311 e. The summed E-state index contributed by atoms with van der Waals surface area (Å²) < 4.78 is 0. The van der Waals surface area contributed by atoms with Crippen LogP contribution in [0.1, 0.15) is 12.5 Å². The summed E-state index contributed by atoms with van der Waals surface area (Å²) in [6, 6.07) is 11.1. The number of nitrogens with one attached hydrogen (secondary N) is 1. The van der Waals surface area contributed by atoms with Gasteiger partial charge in [-0.3, -0.25) is 4.98 Å². The van der Waals surface area contributed by atoms with E-state index < -0.39 is 0 Å². The number of aromatic nitrogens is 1. The maximum atomic E-state index is 4.33. The van der Waals surface area contributed by atoms with Crippen molar-refractivity contribution in [3.05, 3.63) is 42.1 Å². The number of rotatable bonds is 5. The van der Waals surface area contributed by atoms with Gasteiger partial charge in [0.15, 0.2) is 0 Å². The number of fused-ring (bicyclic) bond motifs is 1. The first-order valence-corrected chi connectivity index (χ1v) is 6.37. The Morgan fingerprint density at radius 2 is 2.11 bits per heavy atom. The zero-order valence-electron chi connectivity index (χ0n) is 11.4. The van der Waals surface area contributed by atoms with E-state index in [0.717, 1.165) is 18.6 Å². The van der Waals surface area contributed by atoms with Crippen molar-refractivity contribution in [1.29, 1.82) is 0 Å². The highest BCUT2D eigenvalue weighted by atomic mass is 15.1. The molecule has 18 heavy (non-hydrogen) atoms. The molecular formula is C15H21N3. The van der Waals surface area contributed by atoms with Crippen LogP contribution in [0.15, 0.2) is 36.5 Å². The smallest absolute Gasteiger partial charge is 0.0702 e. The molecule has 0 saturated carbocycles. The molecule has 1 aromatic heterocycles. The van der Waals surface area contributed by atoms with Crippen molar-refractivity contribution < 1.29 is 0 Å². The van der Waals surface area contributed by atoms with Crippen LogP contribution in [0.4, 0.5) is 0 Å². The molecule has 0 fully saturated rings. The van der Waals surface area contributed by atoms with Crippen molar-refractivity contribution in [2.24, 2.45) is 0 Å². The highest BCUT2D eigenvalue weighted by Crippen LogP contribution is 2.13. The molecule has 1 atom stereocenters. The monoisotopic (exact) mass is 243 g/mol. The van der Waals surface area contributed by atoms with Crippen molar-refractivity contribution in [3.63, 3.8) is 0 Å². The van der Waals surface area contributed by atoms with Crippen LogP contribution in [-0.4, -0.2) is 36.6 Å². The van der Waals surface area contributed by atoms with Crippen molar-refractivity contribution in [2.75, 3.05) is 20.6 Å². The average molecular weight is 243 g/mol. The van der Waals surface area contributed by atoms with Crippen molar-refractivity contribution in [2.45, 2.75) is 19.5 Å². The van der Waals surface area contributed by atoms with Gasteiger partial charge in [-0.15, -0.1) is 0 Å². The molecule has 0 aliphatic heterocycles. The molecule has 0 aliphatic rings. The summed E-state index contributed by atoms with van der Waals surface area (Å²) in [7, 11) is 4.21. The Balaban J connectivity index is 1.96. The molecule has 0 saturated heterocycles. The Hall–Kier alpha value is -1.45. The second-order valence-electron chi connectivity index (χ2n) is 4.97. The van der Waals surface area contributed by atoms with Crippen LogP contribution in [0.5, 0.6) is 0 Å².